The fourth-order valence-corrected chi connectivity index (χ4v) is 0. The molecule has 0 N–H and O–H groups in total. The van der Waals surface area contributed by atoms with Gasteiger partial charge in [0.15, 0.2) is 0 Å². The van der Waals surface area contributed by atoms with E-state index in [0.29, 0.717) is 0 Å². The van der Waals surface area contributed by atoms with E-state index in [9.17, 15) is 0 Å². The Morgan fingerprint density at radius 2 is 1.25 bits per heavy atom. The van der Waals surface area contributed by atoms with Gasteiger partial charge in [0.1, 0.15) is 5.34 Å². The van der Waals surface area contributed by atoms with Crippen LogP contribution in [0.4, 0.5) is 0 Å². The molecule has 0 saturated heterocycles. The normalized spacial score (nSPS) is 4.50. The second-order valence-corrected chi connectivity index (χ2v) is 0.742. The van der Waals surface area contributed by atoms with E-state index < -0.39 is 0 Å². The predicted molar refractivity (Wildman–Crippen MR) is 25.9 cm³/mol. The van der Waals surface area contributed by atoms with Gasteiger partial charge in [0.2, 0.25) is 0 Å². The zero-order valence-electron chi connectivity index (χ0n) is 1.33. The molecule has 0 fully saturated rings. The first-order valence-corrected chi connectivity index (χ1v) is 1.31. The van der Waals surface area contributed by atoms with E-state index >= 15 is 0 Å². The van der Waals surface area contributed by atoms with E-state index in [1.54, 1.807) is 0 Å². The second-order valence-electron chi connectivity index (χ2n) is 0.0825. The van der Waals surface area contributed by atoms with Gasteiger partial charge in [-0.25, -0.2) is 0 Å². The monoisotopic (exact) mass is 201 g/mol. The van der Waals surface area contributed by atoms with Crippen molar-refractivity contribution in [2.75, 3.05) is 0 Å². The molecule has 0 rings (SSSR count). The van der Waals surface area contributed by atoms with Crippen LogP contribution in [0.25, 0.3) is 0 Å². The van der Waals surface area contributed by atoms with Gasteiger partial charge in [-0.1, -0.05) is 0 Å². The minimum absolute atomic E-state index is 0. The van der Waals surface area contributed by atoms with Crippen LogP contribution in [0.3, 0.4) is 0 Å². The van der Waals surface area contributed by atoms with Crippen molar-refractivity contribution in [3.05, 3.63) is 5.34 Å². The van der Waals surface area contributed by atoms with E-state index in [1.807, 2.05) is 0 Å². The van der Waals surface area contributed by atoms with E-state index in [2.05, 4.69) is 23.2 Å². The van der Waals surface area contributed by atoms with Crippen LogP contribution in [0.15, 0.2) is 0 Å². The van der Waals surface area contributed by atoms with E-state index in [1.165, 1.54) is 0 Å². The summed E-state index contributed by atoms with van der Waals surface area (Å²) in [6.45, 7) is 0. The Hall–Kier alpha value is 1.45. The third-order valence-corrected chi connectivity index (χ3v) is 0. The Kier molecular flexibility index (Phi) is 20.0. The maximum absolute atomic E-state index is 4.64. The fourth-order valence-electron chi connectivity index (χ4n) is 0. The molecule has 0 aliphatic heterocycles. The molecule has 1 radical (unpaired) electrons. The van der Waals surface area contributed by atoms with Gasteiger partial charge in [0.05, 0.1) is 0 Å². The van der Waals surface area contributed by atoms with Crippen molar-refractivity contribution in [1.29, 1.82) is 0 Å². The summed E-state index contributed by atoms with van der Waals surface area (Å²) in [5.74, 6) is 0. The molecule has 25 valence electrons. The SMILES string of the molecule is Cl[CH]Cl.[InH3]. The first-order valence-electron chi connectivity index (χ1n) is 0.436. The van der Waals surface area contributed by atoms with Crippen molar-refractivity contribution in [3.63, 3.8) is 0 Å². The topological polar surface area (TPSA) is 0 Å². The minimum atomic E-state index is 0. The number of rotatable bonds is 0. The number of halogens is 2. The van der Waals surface area contributed by atoms with E-state index in [0.717, 1.165) is 5.34 Å². The van der Waals surface area contributed by atoms with Crippen LogP contribution < -0.4 is 0 Å². The number of hydrogen-bond donors (Lipinski definition) is 0. The van der Waals surface area contributed by atoms with E-state index in [4.69, 9.17) is 0 Å². The average molecular weight is 202 g/mol. The molecule has 0 aliphatic rings. The summed E-state index contributed by atoms with van der Waals surface area (Å²) in [4.78, 5) is 0. The molecular weight excluding hydrogens is 198 g/mol. The van der Waals surface area contributed by atoms with Crippen LogP contribution in [0, 0.1) is 5.34 Å². The van der Waals surface area contributed by atoms with Crippen LogP contribution in [-0.2, 0) is 0 Å². The molecule has 0 heterocycles. The quantitative estimate of drug-likeness (QED) is 0.533. The zero-order chi connectivity index (χ0) is 2.71. The summed E-state index contributed by atoms with van der Waals surface area (Å²) in [5, 5.41) is 0.944. The van der Waals surface area contributed by atoms with Gasteiger partial charge in [-0.2, -0.15) is 0 Å². The predicted octanol–water partition coefficient (Wildman–Crippen LogP) is 0.399. The van der Waals surface area contributed by atoms with Crippen molar-refractivity contribution in [1.82, 2.24) is 0 Å². The van der Waals surface area contributed by atoms with Crippen LogP contribution in [0.2, 0.25) is 0 Å². The molecule has 0 bridgehead atoms. The van der Waals surface area contributed by atoms with Crippen LogP contribution >= 0.6 is 23.2 Å². The van der Waals surface area contributed by atoms with Gasteiger partial charge < -0.3 is 0 Å². The van der Waals surface area contributed by atoms with Crippen molar-refractivity contribution >= 4 is 49.0 Å². The van der Waals surface area contributed by atoms with Crippen LogP contribution in [0.5, 0.6) is 0 Å². The Bertz CT molecular complexity index is 6.00. The Balaban J connectivity index is 0. The van der Waals surface area contributed by atoms with Crippen LogP contribution in [-0.4, -0.2) is 25.8 Å². The summed E-state index contributed by atoms with van der Waals surface area (Å²) in [6, 6.07) is 0. The Morgan fingerprint density at radius 3 is 1.25 bits per heavy atom. The number of hydrogen-bond acceptors (Lipinski definition) is 0. The molecule has 0 nitrogen and oxygen atoms in total. The Morgan fingerprint density at radius 1 is 1.25 bits per heavy atom. The molecule has 0 aliphatic carbocycles. The molecule has 0 saturated carbocycles. The molecule has 0 aromatic rings. The molecule has 0 aromatic carbocycles. The summed E-state index contributed by atoms with van der Waals surface area (Å²) in [6.07, 6.45) is 0. The molecule has 3 heteroatoms. The Labute approximate surface area is 54.3 Å². The summed E-state index contributed by atoms with van der Waals surface area (Å²) in [7, 11) is 0. The molecule has 4 heavy (non-hydrogen) atoms. The summed E-state index contributed by atoms with van der Waals surface area (Å²) < 4.78 is 0. The first-order chi connectivity index (χ1) is 1.41. The maximum atomic E-state index is 4.64. The second kappa shape index (κ2) is 8.82. The first kappa shape index (κ1) is 9.07. The van der Waals surface area contributed by atoms with Gasteiger partial charge >= 0.3 is 25.8 Å². The standard InChI is InChI=1S/CHCl2.In.3H/c2-1-3;;;;/h1H;;;;. The third kappa shape index (κ3) is 9.85. The average Bonchev–Trinajstić information content (AvgIpc) is 0.918. The molecule has 0 spiro atoms. The van der Waals surface area contributed by atoms with Gasteiger partial charge in [-0.3, -0.25) is 0 Å². The van der Waals surface area contributed by atoms with Crippen LogP contribution in [0.1, 0.15) is 0 Å². The summed E-state index contributed by atoms with van der Waals surface area (Å²) in [5.41, 5.74) is 0. The van der Waals surface area contributed by atoms with Crippen molar-refractivity contribution in [3.8, 4) is 0 Å². The van der Waals surface area contributed by atoms with Crippen molar-refractivity contribution in [2.24, 2.45) is 0 Å². The summed E-state index contributed by atoms with van der Waals surface area (Å²) >= 11 is 9.28. The third-order valence-electron chi connectivity index (χ3n) is 0. The van der Waals surface area contributed by atoms with Crippen molar-refractivity contribution < 1.29 is 0 Å². The molecule has 0 unspecified atom stereocenters. The van der Waals surface area contributed by atoms with Gasteiger partial charge in [0.25, 0.3) is 0 Å². The molecular formula is CH4Cl2In. The fraction of sp³-hybridized carbons (Fsp3) is 0. The molecule has 0 atom stereocenters. The van der Waals surface area contributed by atoms with Gasteiger partial charge in [-0.05, 0) is 0 Å². The van der Waals surface area contributed by atoms with E-state index in [-0.39, 0.29) is 25.8 Å². The van der Waals surface area contributed by atoms with Gasteiger partial charge in [0, 0.05) is 0 Å². The van der Waals surface area contributed by atoms with Gasteiger partial charge in [-0.15, -0.1) is 23.2 Å². The van der Waals surface area contributed by atoms with Crippen molar-refractivity contribution in [2.45, 2.75) is 0 Å². The zero-order valence-corrected chi connectivity index (χ0v) is 2.85. The molecule has 0 aromatic heterocycles. The molecule has 0 amide bonds.